The van der Waals surface area contributed by atoms with E-state index in [0.717, 1.165) is 0 Å². The van der Waals surface area contributed by atoms with Gasteiger partial charge in [0.15, 0.2) is 6.29 Å². The van der Waals surface area contributed by atoms with Crippen molar-refractivity contribution >= 4 is 12.3 Å². The SMILES string of the molecule is NC(C(=O)O)C(O)C=O. The summed E-state index contributed by atoms with van der Waals surface area (Å²) in [5.41, 5.74) is 4.79. The molecule has 5 heteroatoms. The Hall–Kier alpha value is -0.940. The average molecular weight is 133 g/mol. The monoisotopic (exact) mass is 133 g/mol. The van der Waals surface area contributed by atoms with Crippen LogP contribution in [-0.2, 0) is 9.59 Å². The van der Waals surface area contributed by atoms with Gasteiger partial charge in [-0.1, -0.05) is 0 Å². The standard InChI is InChI=1S/C4H7NO4/c5-3(4(8)9)2(7)1-6/h1-3,7H,5H2,(H,8,9). The Bertz CT molecular complexity index is 124. The highest BCUT2D eigenvalue weighted by Crippen LogP contribution is 1.84. The summed E-state index contributed by atoms with van der Waals surface area (Å²) >= 11 is 0. The van der Waals surface area contributed by atoms with Gasteiger partial charge in [-0.05, 0) is 0 Å². The summed E-state index contributed by atoms with van der Waals surface area (Å²) in [5, 5.41) is 16.5. The number of aliphatic carboxylic acids is 1. The van der Waals surface area contributed by atoms with Gasteiger partial charge in [-0.15, -0.1) is 0 Å². The molecule has 0 saturated heterocycles. The molecule has 5 nitrogen and oxygen atoms in total. The molecule has 0 aliphatic rings. The molecule has 0 radical (unpaired) electrons. The van der Waals surface area contributed by atoms with E-state index in [9.17, 15) is 9.59 Å². The van der Waals surface area contributed by atoms with Crippen LogP contribution in [0.5, 0.6) is 0 Å². The van der Waals surface area contributed by atoms with Crippen LogP contribution in [0.2, 0.25) is 0 Å². The molecule has 52 valence electrons. The fourth-order valence-electron chi connectivity index (χ4n) is 0.231. The smallest absolute Gasteiger partial charge is 0.323 e. The van der Waals surface area contributed by atoms with E-state index in [1.807, 2.05) is 0 Å². The first-order chi connectivity index (χ1) is 4.09. The van der Waals surface area contributed by atoms with Crippen molar-refractivity contribution in [3.8, 4) is 0 Å². The average Bonchev–Trinajstić information content (AvgIpc) is 1.84. The predicted octanol–water partition coefficient (Wildman–Crippen LogP) is -2.04. The lowest BCUT2D eigenvalue weighted by atomic mass is 10.2. The van der Waals surface area contributed by atoms with Crippen molar-refractivity contribution < 1.29 is 19.8 Å². The third kappa shape index (κ3) is 2.20. The summed E-state index contributed by atoms with van der Waals surface area (Å²) in [5.74, 6) is -1.39. The summed E-state index contributed by atoms with van der Waals surface area (Å²) in [4.78, 5) is 19.5. The topological polar surface area (TPSA) is 101 Å². The van der Waals surface area contributed by atoms with Crippen LogP contribution in [0.25, 0.3) is 0 Å². The van der Waals surface area contributed by atoms with Gasteiger partial charge in [0.25, 0.3) is 0 Å². The molecule has 0 aliphatic heterocycles. The minimum atomic E-state index is -1.61. The van der Waals surface area contributed by atoms with E-state index in [1.54, 1.807) is 0 Å². The molecular weight excluding hydrogens is 126 g/mol. The third-order valence-electron chi connectivity index (χ3n) is 0.793. The molecular formula is C4H7NO4. The molecule has 0 rings (SSSR count). The Morgan fingerprint density at radius 2 is 2.11 bits per heavy atom. The van der Waals surface area contributed by atoms with Crippen molar-refractivity contribution in [2.75, 3.05) is 0 Å². The minimum Gasteiger partial charge on any atom is -0.480 e. The van der Waals surface area contributed by atoms with Crippen molar-refractivity contribution in [3.63, 3.8) is 0 Å². The molecule has 0 amide bonds. The first-order valence-electron chi connectivity index (χ1n) is 2.21. The Morgan fingerprint density at radius 3 is 2.22 bits per heavy atom. The molecule has 2 unspecified atom stereocenters. The van der Waals surface area contributed by atoms with Gasteiger partial charge in [0.2, 0.25) is 0 Å². The zero-order valence-corrected chi connectivity index (χ0v) is 4.52. The van der Waals surface area contributed by atoms with Crippen molar-refractivity contribution in [1.29, 1.82) is 0 Å². The fraction of sp³-hybridized carbons (Fsp3) is 0.500. The quantitative estimate of drug-likeness (QED) is 0.385. The van der Waals surface area contributed by atoms with Crippen molar-refractivity contribution in [3.05, 3.63) is 0 Å². The lowest BCUT2D eigenvalue weighted by Gasteiger charge is -2.05. The van der Waals surface area contributed by atoms with Crippen LogP contribution < -0.4 is 5.73 Å². The molecule has 0 bridgehead atoms. The summed E-state index contributed by atoms with van der Waals surface area (Å²) in [6, 6.07) is -1.51. The third-order valence-corrected chi connectivity index (χ3v) is 0.793. The number of carbonyl (C=O) groups is 2. The molecule has 0 aromatic rings. The number of hydrogen-bond donors (Lipinski definition) is 3. The van der Waals surface area contributed by atoms with E-state index in [2.05, 4.69) is 0 Å². The van der Waals surface area contributed by atoms with Crippen LogP contribution in [0.15, 0.2) is 0 Å². The normalized spacial score (nSPS) is 16.2. The number of nitrogens with two attached hydrogens (primary N) is 1. The summed E-state index contributed by atoms with van der Waals surface area (Å²) < 4.78 is 0. The van der Waals surface area contributed by atoms with Crippen molar-refractivity contribution in [2.24, 2.45) is 5.73 Å². The van der Waals surface area contributed by atoms with Crippen LogP contribution in [0.4, 0.5) is 0 Å². The van der Waals surface area contributed by atoms with E-state index in [4.69, 9.17) is 15.9 Å². The molecule has 9 heavy (non-hydrogen) atoms. The van der Waals surface area contributed by atoms with Gasteiger partial charge in [0.05, 0.1) is 0 Å². The lowest BCUT2D eigenvalue weighted by Crippen LogP contribution is -2.42. The molecule has 0 aliphatic carbocycles. The van der Waals surface area contributed by atoms with Crippen LogP contribution in [0.3, 0.4) is 0 Å². The highest BCUT2D eigenvalue weighted by atomic mass is 16.4. The van der Waals surface area contributed by atoms with E-state index < -0.39 is 18.1 Å². The van der Waals surface area contributed by atoms with Crippen LogP contribution in [-0.4, -0.2) is 34.6 Å². The zero-order chi connectivity index (χ0) is 7.44. The second-order valence-corrected chi connectivity index (χ2v) is 1.49. The van der Waals surface area contributed by atoms with Crippen molar-refractivity contribution in [2.45, 2.75) is 12.1 Å². The van der Waals surface area contributed by atoms with E-state index in [0.29, 0.717) is 0 Å². The van der Waals surface area contributed by atoms with Gasteiger partial charge >= 0.3 is 5.97 Å². The molecule has 0 aromatic carbocycles. The highest BCUT2D eigenvalue weighted by Gasteiger charge is 2.20. The molecule has 4 N–H and O–H groups in total. The molecule has 0 aromatic heterocycles. The van der Waals surface area contributed by atoms with E-state index >= 15 is 0 Å². The Balaban J connectivity index is 3.86. The summed E-state index contributed by atoms with van der Waals surface area (Å²) in [6.07, 6.45) is -1.53. The number of carboxylic acids is 1. The Kier molecular flexibility index (Phi) is 2.83. The van der Waals surface area contributed by atoms with Gasteiger partial charge in [0, 0.05) is 0 Å². The number of carbonyl (C=O) groups excluding carboxylic acids is 1. The fourth-order valence-corrected chi connectivity index (χ4v) is 0.231. The maximum atomic E-state index is 9.86. The van der Waals surface area contributed by atoms with Gasteiger partial charge in [-0.3, -0.25) is 4.79 Å². The summed E-state index contributed by atoms with van der Waals surface area (Å²) in [6.45, 7) is 0. The maximum absolute atomic E-state index is 9.86. The minimum absolute atomic E-state index is 0.0821. The van der Waals surface area contributed by atoms with Crippen LogP contribution >= 0.6 is 0 Å². The van der Waals surface area contributed by atoms with Crippen LogP contribution in [0.1, 0.15) is 0 Å². The Morgan fingerprint density at radius 1 is 1.67 bits per heavy atom. The van der Waals surface area contributed by atoms with E-state index in [1.165, 1.54) is 0 Å². The van der Waals surface area contributed by atoms with Crippen molar-refractivity contribution in [1.82, 2.24) is 0 Å². The number of aliphatic hydroxyl groups is 1. The lowest BCUT2D eigenvalue weighted by molar-refractivity contribution is -0.142. The number of aldehydes is 1. The molecule has 0 spiro atoms. The molecule has 0 saturated carbocycles. The first kappa shape index (κ1) is 8.06. The number of carboxylic acid groups (broad SMARTS) is 1. The Labute approximate surface area is 51.1 Å². The zero-order valence-electron chi connectivity index (χ0n) is 4.52. The van der Waals surface area contributed by atoms with Gasteiger partial charge in [-0.2, -0.15) is 0 Å². The van der Waals surface area contributed by atoms with Gasteiger partial charge in [0.1, 0.15) is 12.1 Å². The molecule has 0 heterocycles. The largest absolute Gasteiger partial charge is 0.480 e. The molecule has 0 fully saturated rings. The molecule has 2 atom stereocenters. The van der Waals surface area contributed by atoms with Gasteiger partial charge < -0.3 is 20.7 Å². The van der Waals surface area contributed by atoms with E-state index in [-0.39, 0.29) is 6.29 Å². The number of hydrogen-bond acceptors (Lipinski definition) is 4. The second kappa shape index (κ2) is 3.16. The second-order valence-electron chi connectivity index (χ2n) is 1.49. The highest BCUT2D eigenvalue weighted by molar-refractivity contribution is 5.78. The predicted molar refractivity (Wildman–Crippen MR) is 27.7 cm³/mol. The number of rotatable bonds is 3. The number of aliphatic hydroxyl groups excluding tert-OH is 1. The maximum Gasteiger partial charge on any atom is 0.323 e. The van der Waals surface area contributed by atoms with Crippen LogP contribution in [0, 0.1) is 0 Å². The first-order valence-corrected chi connectivity index (χ1v) is 2.21. The summed E-state index contributed by atoms with van der Waals surface area (Å²) in [7, 11) is 0. The van der Waals surface area contributed by atoms with Gasteiger partial charge in [-0.25, -0.2) is 0 Å².